The molecule has 8 heteroatoms. The Kier molecular flexibility index (Phi) is 3.76. The molecule has 2 aliphatic heterocycles. The van der Waals surface area contributed by atoms with Gasteiger partial charge in [0.25, 0.3) is 0 Å². The highest BCUT2D eigenvalue weighted by molar-refractivity contribution is 7.89. The first-order valence-electron chi connectivity index (χ1n) is 7.40. The van der Waals surface area contributed by atoms with E-state index in [1.54, 1.807) is 11.0 Å². The van der Waals surface area contributed by atoms with Crippen LogP contribution in [0.25, 0.3) is 0 Å². The number of rotatable bonds is 2. The lowest BCUT2D eigenvalue weighted by Crippen LogP contribution is -2.57. The number of carbonyl (C=O) groups excluding carboxylic acids is 1. The lowest BCUT2D eigenvalue weighted by Gasteiger charge is -2.41. The fraction of sp³-hybridized carbons (Fsp3) is 0.533. The van der Waals surface area contributed by atoms with Crippen LogP contribution >= 0.6 is 0 Å². The Balaban J connectivity index is 1.83. The molecule has 0 aromatic heterocycles. The third-order valence-corrected chi connectivity index (χ3v) is 5.82. The number of piperazine rings is 1. The average Bonchev–Trinajstić information content (AvgIpc) is 2.93. The molecule has 0 unspecified atom stereocenters. The van der Waals surface area contributed by atoms with Gasteiger partial charge in [-0.3, -0.25) is 4.79 Å². The van der Waals surface area contributed by atoms with Gasteiger partial charge in [-0.25, -0.2) is 8.42 Å². The monoisotopic (exact) mass is 340 g/mol. The van der Waals surface area contributed by atoms with Crippen LogP contribution in [0.15, 0.2) is 23.1 Å². The summed E-state index contributed by atoms with van der Waals surface area (Å²) in [6, 6.07) is 4.49. The molecule has 23 heavy (non-hydrogen) atoms. The van der Waals surface area contributed by atoms with Crippen LogP contribution in [0.2, 0.25) is 0 Å². The molecule has 3 rings (SSSR count). The summed E-state index contributed by atoms with van der Waals surface area (Å²) in [6.45, 7) is 6.41. The quantitative estimate of drug-likeness (QED) is 0.804. The number of fused-ring (bicyclic) bond motifs is 1. The van der Waals surface area contributed by atoms with Crippen molar-refractivity contribution in [2.75, 3.05) is 26.4 Å². The van der Waals surface area contributed by atoms with E-state index in [2.05, 4.69) is 0 Å². The summed E-state index contributed by atoms with van der Waals surface area (Å²) in [5.41, 5.74) is -0.314. The standard InChI is InChI=1S/C15H20N2O5S/c1-15(2,3)17-7-6-16(9-14(17)18)23(19,20)11-4-5-12-13(8-11)22-10-21-12/h4-5,8H,6-7,9-10H2,1-3H3. The molecule has 1 amide bonds. The summed E-state index contributed by atoms with van der Waals surface area (Å²) in [4.78, 5) is 14.1. The van der Waals surface area contributed by atoms with Gasteiger partial charge in [-0.1, -0.05) is 0 Å². The molecule has 0 saturated carbocycles. The number of hydrogen-bond acceptors (Lipinski definition) is 5. The van der Waals surface area contributed by atoms with Crippen molar-refractivity contribution in [2.45, 2.75) is 31.2 Å². The molecule has 2 aliphatic rings. The summed E-state index contributed by atoms with van der Waals surface area (Å²) in [5, 5.41) is 0. The smallest absolute Gasteiger partial charge is 0.243 e. The first kappa shape index (κ1) is 16.1. The van der Waals surface area contributed by atoms with Gasteiger partial charge in [0.2, 0.25) is 22.7 Å². The van der Waals surface area contributed by atoms with E-state index in [0.29, 0.717) is 18.0 Å². The second-order valence-electron chi connectivity index (χ2n) is 6.57. The molecule has 1 fully saturated rings. The summed E-state index contributed by atoms with van der Waals surface area (Å²) < 4.78 is 37.1. The van der Waals surface area contributed by atoms with Crippen molar-refractivity contribution >= 4 is 15.9 Å². The zero-order valence-corrected chi connectivity index (χ0v) is 14.2. The summed E-state index contributed by atoms with van der Waals surface area (Å²) in [7, 11) is -3.74. The van der Waals surface area contributed by atoms with Crippen LogP contribution in [0.4, 0.5) is 0 Å². The molecule has 126 valence electrons. The van der Waals surface area contributed by atoms with Crippen LogP contribution in [0.5, 0.6) is 11.5 Å². The number of sulfonamides is 1. The van der Waals surface area contributed by atoms with E-state index in [9.17, 15) is 13.2 Å². The van der Waals surface area contributed by atoms with E-state index in [4.69, 9.17) is 9.47 Å². The van der Waals surface area contributed by atoms with E-state index in [-0.39, 0.29) is 36.2 Å². The minimum absolute atomic E-state index is 0.0849. The van der Waals surface area contributed by atoms with Crippen LogP contribution in [0.3, 0.4) is 0 Å². The summed E-state index contributed by atoms with van der Waals surface area (Å²) in [5.74, 6) is 0.747. The minimum atomic E-state index is -3.74. The largest absolute Gasteiger partial charge is 0.454 e. The Morgan fingerprint density at radius 3 is 2.43 bits per heavy atom. The van der Waals surface area contributed by atoms with Gasteiger partial charge in [0.1, 0.15) is 0 Å². The first-order chi connectivity index (χ1) is 10.7. The Hall–Kier alpha value is -1.80. The van der Waals surface area contributed by atoms with Crippen LogP contribution in [0.1, 0.15) is 20.8 Å². The lowest BCUT2D eigenvalue weighted by atomic mass is 10.1. The highest BCUT2D eigenvalue weighted by atomic mass is 32.2. The van der Waals surface area contributed by atoms with E-state index < -0.39 is 10.0 Å². The third-order valence-electron chi connectivity index (χ3n) is 3.98. The summed E-state index contributed by atoms with van der Waals surface area (Å²) in [6.07, 6.45) is 0. The van der Waals surface area contributed by atoms with Gasteiger partial charge in [-0.05, 0) is 32.9 Å². The molecule has 1 aromatic carbocycles. The first-order valence-corrected chi connectivity index (χ1v) is 8.84. The van der Waals surface area contributed by atoms with E-state index in [1.165, 1.54) is 16.4 Å². The van der Waals surface area contributed by atoms with E-state index in [1.807, 2.05) is 20.8 Å². The van der Waals surface area contributed by atoms with Crippen molar-refractivity contribution in [3.05, 3.63) is 18.2 Å². The molecular formula is C15H20N2O5S. The van der Waals surface area contributed by atoms with Gasteiger partial charge in [0.05, 0.1) is 11.4 Å². The van der Waals surface area contributed by atoms with Crippen molar-refractivity contribution in [3.8, 4) is 11.5 Å². The molecule has 0 bridgehead atoms. The molecule has 0 radical (unpaired) electrons. The Morgan fingerprint density at radius 1 is 1.09 bits per heavy atom. The SMILES string of the molecule is CC(C)(C)N1CCN(S(=O)(=O)c2ccc3c(c2)OCO3)CC1=O. The second-order valence-corrected chi connectivity index (χ2v) is 8.51. The van der Waals surface area contributed by atoms with Crippen molar-refractivity contribution in [2.24, 2.45) is 0 Å². The van der Waals surface area contributed by atoms with Crippen molar-refractivity contribution in [1.82, 2.24) is 9.21 Å². The van der Waals surface area contributed by atoms with Gasteiger partial charge >= 0.3 is 0 Å². The second kappa shape index (κ2) is 5.38. The van der Waals surface area contributed by atoms with Crippen LogP contribution in [0, 0.1) is 0 Å². The summed E-state index contributed by atoms with van der Waals surface area (Å²) >= 11 is 0. The predicted octanol–water partition coefficient (Wildman–Crippen LogP) is 1.05. The Labute approximate surface area is 135 Å². The predicted molar refractivity (Wildman–Crippen MR) is 82.8 cm³/mol. The van der Waals surface area contributed by atoms with Crippen LogP contribution in [-0.2, 0) is 14.8 Å². The number of amides is 1. The number of benzene rings is 1. The highest BCUT2D eigenvalue weighted by Crippen LogP contribution is 2.35. The zero-order chi connectivity index (χ0) is 16.8. The van der Waals surface area contributed by atoms with Crippen molar-refractivity contribution in [1.29, 1.82) is 0 Å². The molecule has 0 spiro atoms. The molecule has 0 aliphatic carbocycles. The van der Waals surface area contributed by atoms with E-state index in [0.717, 1.165) is 0 Å². The number of hydrogen-bond donors (Lipinski definition) is 0. The molecule has 0 atom stereocenters. The number of ether oxygens (including phenoxy) is 2. The maximum Gasteiger partial charge on any atom is 0.243 e. The molecule has 2 heterocycles. The number of nitrogens with zero attached hydrogens (tertiary/aromatic N) is 2. The maximum atomic E-state index is 12.7. The normalized spacial score (nSPS) is 19.3. The fourth-order valence-electron chi connectivity index (χ4n) is 2.75. The third kappa shape index (κ3) is 2.88. The van der Waals surface area contributed by atoms with Crippen LogP contribution < -0.4 is 9.47 Å². The van der Waals surface area contributed by atoms with Gasteiger partial charge in [-0.2, -0.15) is 4.31 Å². The number of carbonyl (C=O) groups is 1. The highest BCUT2D eigenvalue weighted by Gasteiger charge is 2.37. The molecule has 1 saturated heterocycles. The minimum Gasteiger partial charge on any atom is -0.454 e. The van der Waals surface area contributed by atoms with Gasteiger partial charge < -0.3 is 14.4 Å². The molecule has 1 aromatic rings. The van der Waals surface area contributed by atoms with Crippen molar-refractivity contribution < 1.29 is 22.7 Å². The Morgan fingerprint density at radius 2 is 1.78 bits per heavy atom. The lowest BCUT2D eigenvalue weighted by molar-refractivity contribution is -0.139. The fourth-order valence-corrected chi connectivity index (χ4v) is 4.15. The maximum absolute atomic E-state index is 12.7. The van der Waals surface area contributed by atoms with Gasteiger partial charge in [0.15, 0.2) is 11.5 Å². The zero-order valence-electron chi connectivity index (χ0n) is 13.4. The van der Waals surface area contributed by atoms with Gasteiger partial charge in [-0.15, -0.1) is 0 Å². The molecule has 0 N–H and O–H groups in total. The van der Waals surface area contributed by atoms with Gasteiger partial charge in [0, 0.05) is 24.7 Å². The van der Waals surface area contributed by atoms with Crippen molar-refractivity contribution in [3.63, 3.8) is 0 Å². The average molecular weight is 340 g/mol. The van der Waals surface area contributed by atoms with Crippen LogP contribution in [-0.4, -0.2) is 55.5 Å². The topological polar surface area (TPSA) is 76.2 Å². The molecule has 7 nitrogen and oxygen atoms in total. The van der Waals surface area contributed by atoms with E-state index >= 15 is 0 Å². The Bertz CT molecular complexity index is 739. The molecular weight excluding hydrogens is 320 g/mol.